The summed E-state index contributed by atoms with van der Waals surface area (Å²) in [6.07, 6.45) is 5.25. The number of carbonyl (C=O) groups excluding carboxylic acids is 2. The molecule has 4 heteroatoms. The minimum atomic E-state index is -0.321. The molecule has 0 aromatic rings. The Morgan fingerprint density at radius 1 is 1.40 bits per heavy atom. The van der Waals surface area contributed by atoms with Crippen molar-refractivity contribution in [2.75, 3.05) is 0 Å². The highest BCUT2D eigenvalue weighted by atomic mass is 16.2. The van der Waals surface area contributed by atoms with Gasteiger partial charge in [0, 0.05) is 6.92 Å². The first-order chi connectivity index (χ1) is 7.00. The van der Waals surface area contributed by atoms with Crippen LogP contribution in [0.5, 0.6) is 0 Å². The number of carbonyl (C=O) groups is 2. The second kappa shape index (κ2) is 4.96. The number of rotatable bonds is 2. The van der Waals surface area contributed by atoms with E-state index in [0.29, 0.717) is 0 Å². The van der Waals surface area contributed by atoms with E-state index in [1.54, 1.807) is 6.92 Å². The zero-order valence-corrected chi connectivity index (χ0v) is 9.04. The molecule has 0 heterocycles. The third-order valence-electron chi connectivity index (χ3n) is 2.46. The molecule has 1 aliphatic rings. The van der Waals surface area contributed by atoms with Crippen LogP contribution in [0.1, 0.15) is 26.7 Å². The van der Waals surface area contributed by atoms with E-state index in [0.717, 1.165) is 23.9 Å². The molecule has 0 bridgehead atoms. The normalized spacial score (nSPS) is 17.5. The van der Waals surface area contributed by atoms with Crippen LogP contribution in [-0.2, 0) is 9.59 Å². The van der Waals surface area contributed by atoms with Crippen molar-refractivity contribution in [2.24, 2.45) is 5.92 Å². The van der Waals surface area contributed by atoms with Gasteiger partial charge in [-0.1, -0.05) is 17.7 Å². The summed E-state index contributed by atoms with van der Waals surface area (Å²) in [6.45, 7) is 3.12. The van der Waals surface area contributed by atoms with Crippen LogP contribution in [0, 0.1) is 5.92 Å². The molecule has 0 saturated heterocycles. The van der Waals surface area contributed by atoms with Gasteiger partial charge >= 0.3 is 0 Å². The van der Waals surface area contributed by atoms with Gasteiger partial charge in [-0.25, -0.2) is 0 Å². The van der Waals surface area contributed by atoms with Crippen molar-refractivity contribution in [1.82, 2.24) is 5.32 Å². The van der Waals surface area contributed by atoms with E-state index in [9.17, 15) is 9.59 Å². The van der Waals surface area contributed by atoms with E-state index in [1.807, 2.05) is 12.2 Å². The first kappa shape index (κ1) is 11.8. The number of imide groups is 1. The third kappa shape index (κ3) is 3.38. The van der Waals surface area contributed by atoms with Gasteiger partial charge in [0.2, 0.25) is 11.8 Å². The van der Waals surface area contributed by atoms with E-state index in [2.05, 4.69) is 5.32 Å². The van der Waals surface area contributed by atoms with Crippen molar-refractivity contribution in [3.63, 3.8) is 0 Å². The minimum Gasteiger partial charge on any atom is -0.296 e. The standard InChI is InChI=1S/C11H14BNO2/c1-7(11(15)13-8(2)14)9-3-5-10(12)6-4-9/h3,5,7H,4,6H2,1-2H3,(H,13,14,15). The fourth-order valence-corrected chi connectivity index (χ4v) is 1.48. The SMILES string of the molecule is [B]C1=CC=C(C(C)C(=O)NC(C)=O)CC1. The van der Waals surface area contributed by atoms with Gasteiger partial charge in [-0.15, -0.1) is 5.47 Å². The molecule has 0 saturated carbocycles. The molecular formula is C11H14BNO2. The summed E-state index contributed by atoms with van der Waals surface area (Å²) in [5, 5.41) is 2.28. The Kier molecular flexibility index (Phi) is 3.89. The van der Waals surface area contributed by atoms with E-state index in [4.69, 9.17) is 7.85 Å². The molecule has 0 aliphatic heterocycles. The summed E-state index contributed by atoms with van der Waals surface area (Å²) < 4.78 is 0. The lowest BCUT2D eigenvalue weighted by Gasteiger charge is -2.18. The van der Waals surface area contributed by atoms with Crippen molar-refractivity contribution in [2.45, 2.75) is 26.7 Å². The highest BCUT2D eigenvalue weighted by Crippen LogP contribution is 2.23. The van der Waals surface area contributed by atoms with Gasteiger partial charge in [-0.3, -0.25) is 14.9 Å². The maximum atomic E-state index is 11.5. The van der Waals surface area contributed by atoms with Crippen LogP contribution in [0.3, 0.4) is 0 Å². The number of allylic oxidation sites excluding steroid dienone is 3. The molecule has 0 aromatic heterocycles. The summed E-state index contributed by atoms with van der Waals surface area (Å²) in [6, 6.07) is 0. The lowest BCUT2D eigenvalue weighted by Crippen LogP contribution is -2.33. The first-order valence-corrected chi connectivity index (χ1v) is 4.97. The number of nitrogens with one attached hydrogen (secondary N) is 1. The van der Waals surface area contributed by atoms with Crippen LogP contribution in [0.15, 0.2) is 23.2 Å². The molecule has 78 valence electrons. The molecule has 1 aliphatic carbocycles. The predicted octanol–water partition coefficient (Wildman–Crippen LogP) is 1.06. The molecule has 0 aromatic carbocycles. The second-order valence-corrected chi connectivity index (χ2v) is 3.75. The van der Waals surface area contributed by atoms with Crippen molar-refractivity contribution >= 4 is 19.7 Å². The Morgan fingerprint density at radius 3 is 2.53 bits per heavy atom. The molecule has 2 radical (unpaired) electrons. The summed E-state index contributed by atoms with van der Waals surface area (Å²) in [5.41, 5.74) is 1.85. The van der Waals surface area contributed by atoms with Crippen LogP contribution < -0.4 is 5.32 Å². The van der Waals surface area contributed by atoms with Crippen molar-refractivity contribution in [3.05, 3.63) is 23.2 Å². The Bertz CT molecular complexity index is 344. The Balaban J connectivity index is 2.65. The summed E-state index contributed by atoms with van der Waals surface area (Å²) >= 11 is 0. The monoisotopic (exact) mass is 203 g/mol. The molecule has 1 atom stereocenters. The van der Waals surface area contributed by atoms with Crippen LogP contribution in [0.4, 0.5) is 0 Å². The number of hydrogen-bond acceptors (Lipinski definition) is 2. The molecule has 2 amide bonds. The average Bonchev–Trinajstić information content (AvgIpc) is 2.17. The molecule has 15 heavy (non-hydrogen) atoms. The maximum absolute atomic E-state index is 11.5. The van der Waals surface area contributed by atoms with Gasteiger partial charge in [0.15, 0.2) is 0 Å². The molecule has 0 spiro atoms. The summed E-state index contributed by atoms with van der Waals surface area (Å²) in [5.74, 6) is -0.834. The van der Waals surface area contributed by atoms with Crippen molar-refractivity contribution in [3.8, 4) is 0 Å². The lowest BCUT2D eigenvalue weighted by atomic mass is 9.82. The average molecular weight is 203 g/mol. The van der Waals surface area contributed by atoms with Gasteiger partial charge in [-0.2, -0.15) is 0 Å². The third-order valence-corrected chi connectivity index (χ3v) is 2.46. The molecular weight excluding hydrogens is 189 g/mol. The summed E-state index contributed by atoms with van der Waals surface area (Å²) in [7, 11) is 5.62. The van der Waals surface area contributed by atoms with E-state index >= 15 is 0 Å². The second-order valence-electron chi connectivity index (χ2n) is 3.75. The smallest absolute Gasteiger partial charge is 0.233 e. The molecule has 3 nitrogen and oxygen atoms in total. The first-order valence-electron chi connectivity index (χ1n) is 4.97. The zero-order chi connectivity index (χ0) is 11.4. The van der Waals surface area contributed by atoms with E-state index < -0.39 is 0 Å². The molecule has 0 fully saturated rings. The van der Waals surface area contributed by atoms with Crippen LogP contribution in [0.25, 0.3) is 0 Å². The van der Waals surface area contributed by atoms with E-state index in [1.165, 1.54) is 6.92 Å². The van der Waals surface area contributed by atoms with E-state index in [-0.39, 0.29) is 17.7 Å². The topological polar surface area (TPSA) is 46.2 Å². The highest BCUT2D eigenvalue weighted by Gasteiger charge is 2.19. The molecule has 1 N–H and O–H groups in total. The van der Waals surface area contributed by atoms with Gasteiger partial charge in [-0.05, 0) is 19.8 Å². The fraction of sp³-hybridized carbons (Fsp3) is 0.455. The predicted molar refractivity (Wildman–Crippen MR) is 59.1 cm³/mol. The minimum absolute atomic E-state index is 0.248. The zero-order valence-electron chi connectivity index (χ0n) is 9.04. The molecule has 1 unspecified atom stereocenters. The molecule has 1 rings (SSSR count). The quantitative estimate of drug-likeness (QED) is 0.682. The Morgan fingerprint density at radius 2 is 2.07 bits per heavy atom. The van der Waals surface area contributed by atoms with Gasteiger partial charge in [0.25, 0.3) is 0 Å². The van der Waals surface area contributed by atoms with Gasteiger partial charge in [0.05, 0.1) is 5.92 Å². The largest absolute Gasteiger partial charge is 0.296 e. The van der Waals surface area contributed by atoms with Gasteiger partial charge < -0.3 is 0 Å². The number of amides is 2. The fourth-order valence-electron chi connectivity index (χ4n) is 1.48. The van der Waals surface area contributed by atoms with Crippen LogP contribution >= 0.6 is 0 Å². The van der Waals surface area contributed by atoms with Crippen molar-refractivity contribution < 1.29 is 9.59 Å². The lowest BCUT2D eigenvalue weighted by molar-refractivity contribution is -0.130. The number of hydrogen-bond donors (Lipinski definition) is 1. The van der Waals surface area contributed by atoms with Crippen LogP contribution in [0.2, 0.25) is 0 Å². The van der Waals surface area contributed by atoms with Crippen molar-refractivity contribution in [1.29, 1.82) is 0 Å². The Hall–Kier alpha value is -1.32. The highest BCUT2D eigenvalue weighted by molar-refractivity contribution is 6.21. The van der Waals surface area contributed by atoms with Gasteiger partial charge in [0.1, 0.15) is 7.85 Å². The maximum Gasteiger partial charge on any atom is 0.233 e. The van der Waals surface area contributed by atoms with Crippen LogP contribution in [-0.4, -0.2) is 19.7 Å². The Labute approximate surface area is 91.0 Å². The summed E-state index contributed by atoms with van der Waals surface area (Å²) in [4.78, 5) is 22.2.